The average Bonchev–Trinajstić information content (AvgIpc) is 3.48. The summed E-state index contributed by atoms with van der Waals surface area (Å²) >= 11 is 7.98. The lowest BCUT2D eigenvalue weighted by Gasteiger charge is -2.16. The average molecular weight is 537 g/mol. The van der Waals surface area contributed by atoms with Crippen LogP contribution in [-0.2, 0) is 11.3 Å². The number of ether oxygens (including phenoxy) is 1. The minimum absolute atomic E-state index is 0.0368. The molecule has 9 nitrogen and oxygen atoms in total. The van der Waals surface area contributed by atoms with Crippen molar-refractivity contribution < 1.29 is 14.6 Å². The maximum absolute atomic E-state index is 12.0. The molecule has 3 aromatic heterocycles. The normalized spacial score (nSPS) is 11.7. The van der Waals surface area contributed by atoms with Crippen LogP contribution < -0.4 is 15.4 Å². The second-order valence-electron chi connectivity index (χ2n) is 9.17. The summed E-state index contributed by atoms with van der Waals surface area (Å²) in [6.45, 7) is 4.12. The van der Waals surface area contributed by atoms with Gasteiger partial charge in [-0.05, 0) is 61.8 Å². The maximum atomic E-state index is 12.0. The SMILES string of the molecule is CC(C)(O)CC(=O)NCCn1ccc2ncnc(Nc3ccc(Oc4cccc5sncc45)c(Cl)c3)c21. The number of nitrogens with one attached hydrogen (secondary N) is 2. The minimum Gasteiger partial charge on any atom is -0.455 e. The number of hydrogen-bond donors (Lipinski definition) is 3. The molecule has 3 N–H and O–H groups in total. The van der Waals surface area contributed by atoms with Crippen molar-refractivity contribution in [2.24, 2.45) is 0 Å². The maximum Gasteiger partial charge on any atom is 0.222 e. The summed E-state index contributed by atoms with van der Waals surface area (Å²) in [7, 11) is 0. The third-order valence-corrected chi connectivity index (χ3v) is 6.65. The molecule has 190 valence electrons. The second-order valence-corrected chi connectivity index (χ2v) is 10.4. The van der Waals surface area contributed by atoms with E-state index in [1.165, 1.54) is 17.9 Å². The van der Waals surface area contributed by atoms with Crippen molar-refractivity contribution in [3.8, 4) is 11.5 Å². The van der Waals surface area contributed by atoms with Gasteiger partial charge in [0.15, 0.2) is 5.82 Å². The Morgan fingerprint density at radius 3 is 2.86 bits per heavy atom. The Morgan fingerprint density at radius 2 is 2.05 bits per heavy atom. The van der Waals surface area contributed by atoms with Crippen molar-refractivity contribution in [3.63, 3.8) is 0 Å². The molecule has 0 unspecified atom stereocenters. The number of rotatable bonds is 9. The molecule has 0 saturated heterocycles. The van der Waals surface area contributed by atoms with Gasteiger partial charge in [-0.15, -0.1) is 0 Å². The van der Waals surface area contributed by atoms with E-state index in [4.69, 9.17) is 16.3 Å². The van der Waals surface area contributed by atoms with Gasteiger partial charge in [0.05, 0.1) is 38.8 Å². The predicted octanol–water partition coefficient (Wildman–Crippen LogP) is 5.51. The first-order chi connectivity index (χ1) is 17.8. The lowest BCUT2D eigenvalue weighted by molar-refractivity contribution is -0.124. The van der Waals surface area contributed by atoms with Gasteiger partial charge in [-0.3, -0.25) is 4.79 Å². The van der Waals surface area contributed by atoms with E-state index in [1.54, 1.807) is 32.2 Å². The van der Waals surface area contributed by atoms with Gasteiger partial charge < -0.3 is 25.0 Å². The Bertz CT molecular complexity index is 1580. The number of carbonyl (C=O) groups excluding carboxylic acids is 1. The summed E-state index contributed by atoms with van der Waals surface area (Å²) in [6.07, 6.45) is 5.22. The van der Waals surface area contributed by atoms with Crippen LogP contribution in [0.15, 0.2) is 61.2 Å². The van der Waals surface area contributed by atoms with Crippen LogP contribution in [0.3, 0.4) is 0 Å². The Morgan fingerprint density at radius 1 is 1.19 bits per heavy atom. The molecule has 0 fully saturated rings. The monoisotopic (exact) mass is 536 g/mol. The Kier molecular flexibility index (Phi) is 6.96. The summed E-state index contributed by atoms with van der Waals surface area (Å²) in [5.74, 6) is 1.63. The molecule has 37 heavy (non-hydrogen) atoms. The third-order valence-electron chi connectivity index (χ3n) is 5.59. The number of nitrogens with zero attached hydrogens (tertiary/aromatic N) is 4. The summed E-state index contributed by atoms with van der Waals surface area (Å²) in [5.41, 5.74) is 1.25. The summed E-state index contributed by atoms with van der Waals surface area (Å²) < 4.78 is 13.3. The van der Waals surface area contributed by atoms with Crippen LogP contribution in [0.2, 0.25) is 5.02 Å². The number of aromatic nitrogens is 4. The molecule has 0 atom stereocenters. The molecule has 11 heteroatoms. The van der Waals surface area contributed by atoms with E-state index in [-0.39, 0.29) is 12.3 Å². The van der Waals surface area contributed by atoms with E-state index in [0.29, 0.717) is 35.4 Å². The Labute approximate surface area is 222 Å². The van der Waals surface area contributed by atoms with Gasteiger partial charge in [-0.25, -0.2) is 9.97 Å². The first-order valence-electron chi connectivity index (χ1n) is 11.6. The van der Waals surface area contributed by atoms with Gasteiger partial charge in [-0.1, -0.05) is 17.7 Å². The highest BCUT2D eigenvalue weighted by molar-refractivity contribution is 7.13. The fourth-order valence-electron chi connectivity index (χ4n) is 3.95. The second kappa shape index (κ2) is 10.3. The Hall–Kier alpha value is -3.73. The number of anilines is 2. The van der Waals surface area contributed by atoms with E-state index in [2.05, 4.69) is 25.0 Å². The van der Waals surface area contributed by atoms with Crippen LogP contribution in [-0.4, -0.2) is 42.1 Å². The van der Waals surface area contributed by atoms with Crippen LogP contribution in [0.4, 0.5) is 11.5 Å². The zero-order valence-corrected chi connectivity index (χ0v) is 21.8. The van der Waals surface area contributed by atoms with E-state index in [1.807, 2.05) is 41.1 Å². The molecule has 1 amide bonds. The smallest absolute Gasteiger partial charge is 0.222 e. The van der Waals surface area contributed by atoms with Gasteiger partial charge in [0, 0.05) is 25.0 Å². The molecule has 0 aliphatic carbocycles. The summed E-state index contributed by atoms with van der Waals surface area (Å²) in [4.78, 5) is 20.8. The zero-order valence-electron chi connectivity index (χ0n) is 20.2. The highest BCUT2D eigenvalue weighted by Crippen LogP contribution is 2.36. The topological polar surface area (TPSA) is 114 Å². The fourth-order valence-corrected chi connectivity index (χ4v) is 4.84. The number of aliphatic hydroxyl groups is 1. The van der Waals surface area contributed by atoms with Gasteiger partial charge in [0.2, 0.25) is 5.91 Å². The third kappa shape index (κ3) is 5.82. The molecule has 2 aromatic carbocycles. The number of carbonyl (C=O) groups is 1. The largest absolute Gasteiger partial charge is 0.455 e. The van der Waals surface area contributed by atoms with Crippen molar-refractivity contribution in [2.45, 2.75) is 32.4 Å². The predicted molar refractivity (Wildman–Crippen MR) is 146 cm³/mol. The van der Waals surface area contributed by atoms with Crippen LogP contribution in [0.1, 0.15) is 20.3 Å². The number of benzene rings is 2. The first kappa shape index (κ1) is 24.9. The molecule has 0 bridgehead atoms. The molecule has 0 aliphatic heterocycles. The quantitative estimate of drug-likeness (QED) is 0.227. The molecule has 0 saturated carbocycles. The number of fused-ring (bicyclic) bond motifs is 2. The number of hydrogen-bond acceptors (Lipinski definition) is 8. The fraction of sp³-hybridized carbons (Fsp3) is 0.231. The number of amides is 1. The van der Waals surface area contributed by atoms with Crippen molar-refractivity contribution in [3.05, 3.63) is 66.2 Å². The van der Waals surface area contributed by atoms with Crippen molar-refractivity contribution in [2.75, 3.05) is 11.9 Å². The summed E-state index contributed by atoms with van der Waals surface area (Å²) in [5, 5.41) is 17.4. The molecule has 3 heterocycles. The highest BCUT2D eigenvalue weighted by Gasteiger charge is 2.18. The molecule has 0 spiro atoms. The van der Waals surface area contributed by atoms with E-state index in [9.17, 15) is 9.90 Å². The van der Waals surface area contributed by atoms with Crippen LogP contribution in [0.5, 0.6) is 11.5 Å². The molecular formula is C26H25ClN6O3S. The van der Waals surface area contributed by atoms with Crippen LogP contribution in [0, 0.1) is 0 Å². The lowest BCUT2D eigenvalue weighted by atomic mass is 10.1. The van der Waals surface area contributed by atoms with Gasteiger partial charge in [0.1, 0.15) is 23.3 Å². The van der Waals surface area contributed by atoms with Gasteiger partial charge in [0.25, 0.3) is 0 Å². The van der Waals surface area contributed by atoms with E-state index >= 15 is 0 Å². The molecule has 0 aliphatic rings. The van der Waals surface area contributed by atoms with Crippen molar-refractivity contribution >= 4 is 61.7 Å². The standard InChI is InChI=1S/C26H25ClN6O3S/c1-26(2,35)13-23(34)28-9-11-33-10-8-19-24(33)25(30-15-29-19)32-16-6-7-21(18(27)12-16)36-20-4-3-5-22-17(20)14-31-37-22/h3-8,10,12,14-15,35H,9,11,13H2,1-2H3,(H,28,34)(H,29,30,32). The van der Waals surface area contributed by atoms with E-state index in [0.717, 1.165) is 26.8 Å². The molecule has 0 radical (unpaired) electrons. The minimum atomic E-state index is -1.05. The molecule has 5 aromatic rings. The van der Waals surface area contributed by atoms with E-state index < -0.39 is 5.60 Å². The summed E-state index contributed by atoms with van der Waals surface area (Å²) in [6, 6.07) is 13.2. The molecular weight excluding hydrogens is 512 g/mol. The van der Waals surface area contributed by atoms with Gasteiger partial charge >= 0.3 is 0 Å². The first-order valence-corrected chi connectivity index (χ1v) is 12.8. The van der Waals surface area contributed by atoms with Crippen molar-refractivity contribution in [1.82, 2.24) is 24.2 Å². The van der Waals surface area contributed by atoms with Crippen LogP contribution in [0.25, 0.3) is 21.1 Å². The highest BCUT2D eigenvalue weighted by atomic mass is 35.5. The number of halogens is 1. The van der Waals surface area contributed by atoms with Crippen LogP contribution >= 0.6 is 23.1 Å². The zero-order chi connectivity index (χ0) is 26.0. The molecule has 5 rings (SSSR count). The Balaban J connectivity index is 1.31. The van der Waals surface area contributed by atoms with Crippen molar-refractivity contribution in [1.29, 1.82) is 0 Å². The van der Waals surface area contributed by atoms with Gasteiger partial charge in [-0.2, -0.15) is 4.37 Å². The lowest BCUT2D eigenvalue weighted by Crippen LogP contribution is -2.33.